The van der Waals surface area contributed by atoms with Crippen molar-refractivity contribution >= 4 is 11.5 Å². The highest BCUT2D eigenvalue weighted by Crippen LogP contribution is 2.22. The van der Waals surface area contributed by atoms with Crippen LogP contribution in [-0.4, -0.2) is 30.8 Å². The molecule has 0 spiro atoms. The van der Waals surface area contributed by atoms with Crippen molar-refractivity contribution < 1.29 is 18.4 Å². The minimum Gasteiger partial charge on any atom is -0.409 e. The van der Waals surface area contributed by atoms with Crippen LogP contribution in [-0.2, 0) is 0 Å². The van der Waals surface area contributed by atoms with Crippen molar-refractivity contribution in [2.24, 2.45) is 10.9 Å². The standard InChI is InChI=1S/C12H16F3N3O/c1-18(7-3-6-12(13,14)15)10-5-2-4-9(8-10)11(16)17-19/h2,4-5,8,19H,3,6-7H2,1H3,(H2,16,17). The Hall–Kier alpha value is -1.92. The zero-order valence-electron chi connectivity index (χ0n) is 10.5. The van der Waals surface area contributed by atoms with E-state index >= 15 is 0 Å². The number of benzene rings is 1. The smallest absolute Gasteiger partial charge is 0.389 e. The van der Waals surface area contributed by atoms with Crippen LogP contribution in [0, 0.1) is 0 Å². The molecule has 0 aliphatic carbocycles. The highest BCUT2D eigenvalue weighted by molar-refractivity contribution is 5.97. The summed E-state index contributed by atoms with van der Waals surface area (Å²) in [6, 6.07) is 6.76. The SMILES string of the molecule is CN(CCCC(F)(F)F)c1cccc(/C(N)=N/O)c1. The van der Waals surface area contributed by atoms with Gasteiger partial charge in [-0.2, -0.15) is 13.2 Å². The predicted octanol–water partition coefficient (Wildman–Crippen LogP) is 2.56. The summed E-state index contributed by atoms with van der Waals surface area (Å²) in [5.74, 6) is -0.0365. The van der Waals surface area contributed by atoms with Crippen molar-refractivity contribution in [2.75, 3.05) is 18.5 Å². The number of rotatable bonds is 5. The molecule has 1 rings (SSSR count). The number of hydrogen-bond donors (Lipinski definition) is 2. The Bertz CT molecular complexity index is 446. The van der Waals surface area contributed by atoms with Gasteiger partial charge in [-0.05, 0) is 18.6 Å². The predicted molar refractivity (Wildman–Crippen MR) is 67.5 cm³/mol. The summed E-state index contributed by atoms with van der Waals surface area (Å²) >= 11 is 0. The number of anilines is 1. The molecule has 0 aromatic heterocycles. The normalized spacial score (nSPS) is 12.5. The molecule has 0 amide bonds. The molecule has 0 saturated heterocycles. The molecule has 0 aliphatic rings. The molecule has 1 aromatic rings. The van der Waals surface area contributed by atoms with Gasteiger partial charge in [0.1, 0.15) is 0 Å². The van der Waals surface area contributed by atoms with Crippen LogP contribution in [0.25, 0.3) is 0 Å². The van der Waals surface area contributed by atoms with Gasteiger partial charge in [-0.3, -0.25) is 0 Å². The van der Waals surface area contributed by atoms with Crippen LogP contribution in [0.15, 0.2) is 29.4 Å². The number of nitrogens with two attached hydrogens (primary N) is 1. The van der Waals surface area contributed by atoms with E-state index in [2.05, 4.69) is 5.16 Å². The average Bonchev–Trinajstić information content (AvgIpc) is 2.36. The first-order valence-electron chi connectivity index (χ1n) is 5.69. The molecule has 106 valence electrons. The van der Waals surface area contributed by atoms with Gasteiger partial charge in [-0.15, -0.1) is 0 Å². The van der Waals surface area contributed by atoms with E-state index in [0.717, 1.165) is 0 Å². The van der Waals surface area contributed by atoms with Crippen LogP contribution in [0.4, 0.5) is 18.9 Å². The quantitative estimate of drug-likeness (QED) is 0.376. The van der Waals surface area contributed by atoms with Gasteiger partial charge in [-0.1, -0.05) is 17.3 Å². The number of halogens is 3. The topological polar surface area (TPSA) is 61.8 Å². The Morgan fingerprint density at radius 2 is 2.11 bits per heavy atom. The van der Waals surface area contributed by atoms with Gasteiger partial charge in [0, 0.05) is 31.3 Å². The number of oxime groups is 1. The van der Waals surface area contributed by atoms with Crippen molar-refractivity contribution in [1.82, 2.24) is 0 Å². The number of amidine groups is 1. The molecule has 0 radical (unpaired) electrons. The summed E-state index contributed by atoms with van der Waals surface area (Å²) in [6.07, 6.45) is -4.91. The summed E-state index contributed by atoms with van der Waals surface area (Å²) in [7, 11) is 1.70. The van der Waals surface area contributed by atoms with Crippen LogP contribution in [0.1, 0.15) is 18.4 Å². The monoisotopic (exact) mass is 275 g/mol. The maximum Gasteiger partial charge on any atom is 0.389 e. The Morgan fingerprint density at radius 1 is 1.42 bits per heavy atom. The summed E-state index contributed by atoms with van der Waals surface area (Å²) < 4.78 is 36.1. The van der Waals surface area contributed by atoms with Gasteiger partial charge in [0.05, 0.1) is 0 Å². The van der Waals surface area contributed by atoms with Crippen LogP contribution in [0.5, 0.6) is 0 Å². The number of alkyl halides is 3. The molecule has 1 aromatic carbocycles. The highest BCUT2D eigenvalue weighted by atomic mass is 19.4. The van der Waals surface area contributed by atoms with Gasteiger partial charge in [-0.25, -0.2) is 0 Å². The fourth-order valence-corrected chi connectivity index (χ4v) is 1.61. The fraction of sp³-hybridized carbons (Fsp3) is 0.417. The molecule has 0 fully saturated rings. The largest absolute Gasteiger partial charge is 0.409 e. The molecule has 0 atom stereocenters. The third kappa shape index (κ3) is 5.07. The van der Waals surface area contributed by atoms with Crippen molar-refractivity contribution in [3.8, 4) is 0 Å². The van der Waals surface area contributed by atoms with Crippen molar-refractivity contribution in [2.45, 2.75) is 19.0 Å². The minimum absolute atomic E-state index is 0.0216. The lowest BCUT2D eigenvalue weighted by Crippen LogP contribution is -2.21. The summed E-state index contributed by atoms with van der Waals surface area (Å²) in [6.45, 7) is 0.277. The molecule has 7 heteroatoms. The van der Waals surface area contributed by atoms with Crippen LogP contribution in [0.2, 0.25) is 0 Å². The second-order valence-corrected chi connectivity index (χ2v) is 4.18. The first-order valence-corrected chi connectivity index (χ1v) is 5.69. The lowest BCUT2D eigenvalue weighted by atomic mass is 10.1. The highest BCUT2D eigenvalue weighted by Gasteiger charge is 2.26. The van der Waals surface area contributed by atoms with Gasteiger partial charge in [0.25, 0.3) is 0 Å². The van der Waals surface area contributed by atoms with Crippen molar-refractivity contribution in [3.05, 3.63) is 29.8 Å². The molecule has 0 heterocycles. The van der Waals surface area contributed by atoms with Crippen molar-refractivity contribution in [3.63, 3.8) is 0 Å². The zero-order chi connectivity index (χ0) is 14.5. The van der Waals surface area contributed by atoms with Crippen LogP contribution >= 0.6 is 0 Å². The molecule has 0 unspecified atom stereocenters. The third-order valence-electron chi connectivity index (χ3n) is 2.64. The van der Waals surface area contributed by atoms with E-state index in [9.17, 15) is 13.2 Å². The Kier molecular flexibility index (Phi) is 5.02. The van der Waals surface area contributed by atoms with E-state index in [1.54, 1.807) is 36.2 Å². The van der Waals surface area contributed by atoms with E-state index < -0.39 is 12.6 Å². The number of nitrogens with zero attached hydrogens (tertiary/aromatic N) is 2. The molecule has 0 bridgehead atoms. The van der Waals surface area contributed by atoms with E-state index in [1.807, 2.05) is 0 Å². The van der Waals surface area contributed by atoms with Gasteiger partial charge < -0.3 is 15.8 Å². The van der Waals surface area contributed by atoms with Gasteiger partial charge in [0.15, 0.2) is 5.84 Å². The lowest BCUT2D eigenvalue weighted by molar-refractivity contribution is -0.135. The third-order valence-corrected chi connectivity index (χ3v) is 2.64. The van der Waals surface area contributed by atoms with E-state index in [-0.39, 0.29) is 18.8 Å². The summed E-state index contributed by atoms with van der Waals surface area (Å²) in [5, 5.41) is 11.5. The summed E-state index contributed by atoms with van der Waals surface area (Å²) in [4.78, 5) is 1.69. The first-order chi connectivity index (χ1) is 8.83. The van der Waals surface area contributed by atoms with Crippen molar-refractivity contribution in [1.29, 1.82) is 0 Å². The Labute approximate surface area is 109 Å². The molecule has 0 saturated carbocycles. The molecule has 0 aliphatic heterocycles. The molecule has 4 nitrogen and oxygen atoms in total. The van der Waals surface area contributed by atoms with E-state index in [0.29, 0.717) is 11.3 Å². The summed E-state index contributed by atoms with van der Waals surface area (Å²) in [5.41, 5.74) is 6.68. The van der Waals surface area contributed by atoms with Gasteiger partial charge in [0.2, 0.25) is 0 Å². The Morgan fingerprint density at radius 3 is 2.68 bits per heavy atom. The maximum absolute atomic E-state index is 12.0. The van der Waals surface area contributed by atoms with Gasteiger partial charge >= 0.3 is 6.18 Å². The van der Waals surface area contributed by atoms with Crippen LogP contribution < -0.4 is 10.6 Å². The Balaban J connectivity index is 2.64. The van der Waals surface area contributed by atoms with Crippen LogP contribution in [0.3, 0.4) is 0 Å². The number of hydrogen-bond acceptors (Lipinski definition) is 3. The minimum atomic E-state index is -4.13. The first kappa shape index (κ1) is 15.1. The molecular weight excluding hydrogens is 259 g/mol. The maximum atomic E-state index is 12.0. The second-order valence-electron chi connectivity index (χ2n) is 4.18. The molecular formula is C12H16F3N3O. The lowest BCUT2D eigenvalue weighted by Gasteiger charge is -2.20. The molecule has 19 heavy (non-hydrogen) atoms. The average molecular weight is 275 g/mol. The zero-order valence-corrected chi connectivity index (χ0v) is 10.5. The van der Waals surface area contributed by atoms with E-state index in [4.69, 9.17) is 10.9 Å². The van der Waals surface area contributed by atoms with E-state index in [1.165, 1.54) is 0 Å². The molecule has 3 N–H and O–H groups in total. The fourth-order valence-electron chi connectivity index (χ4n) is 1.61. The second kappa shape index (κ2) is 6.31.